The molecule has 1 unspecified atom stereocenters. The van der Waals surface area contributed by atoms with E-state index in [1.165, 1.54) is 0 Å². The van der Waals surface area contributed by atoms with Crippen molar-refractivity contribution in [3.63, 3.8) is 0 Å². The average molecular weight is 437 g/mol. The quantitative estimate of drug-likeness (QED) is 0.526. The Kier molecular flexibility index (Phi) is 6.03. The summed E-state index contributed by atoms with van der Waals surface area (Å²) in [7, 11) is 3.15. The number of rotatable bonds is 7. The van der Waals surface area contributed by atoms with Crippen LogP contribution in [0.25, 0.3) is 11.0 Å². The number of amides is 1. The van der Waals surface area contributed by atoms with E-state index in [0.29, 0.717) is 29.6 Å². The van der Waals surface area contributed by atoms with E-state index in [1.807, 2.05) is 42.7 Å². The van der Waals surface area contributed by atoms with Crippen LogP contribution in [0.3, 0.4) is 0 Å². The summed E-state index contributed by atoms with van der Waals surface area (Å²) in [4.78, 5) is 32.0. The molecule has 1 fully saturated rings. The van der Waals surface area contributed by atoms with Crippen LogP contribution in [-0.4, -0.2) is 48.3 Å². The van der Waals surface area contributed by atoms with Crippen LogP contribution in [0, 0.1) is 0 Å². The molecule has 1 aliphatic rings. The summed E-state index contributed by atoms with van der Waals surface area (Å²) in [6, 6.07) is 13.0. The molecular formula is C24H27N3O5. The van der Waals surface area contributed by atoms with Gasteiger partial charge in [-0.2, -0.15) is 0 Å². The van der Waals surface area contributed by atoms with E-state index in [1.54, 1.807) is 37.3 Å². The van der Waals surface area contributed by atoms with E-state index in [-0.39, 0.29) is 36.9 Å². The summed E-state index contributed by atoms with van der Waals surface area (Å²) < 4.78 is 18.0. The zero-order valence-electron chi connectivity index (χ0n) is 18.7. The van der Waals surface area contributed by atoms with Crippen molar-refractivity contribution < 1.29 is 23.8 Å². The number of esters is 1. The number of nitrogens with zero attached hydrogens (tertiary/aromatic N) is 3. The van der Waals surface area contributed by atoms with E-state index in [2.05, 4.69) is 0 Å². The van der Waals surface area contributed by atoms with Crippen molar-refractivity contribution in [1.82, 2.24) is 9.55 Å². The molecule has 3 aromatic rings. The monoisotopic (exact) mass is 437 g/mol. The Morgan fingerprint density at radius 2 is 1.94 bits per heavy atom. The lowest BCUT2D eigenvalue weighted by Crippen LogP contribution is -2.25. The second-order valence-electron chi connectivity index (χ2n) is 8.03. The zero-order valence-corrected chi connectivity index (χ0v) is 18.7. The number of imidazole rings is 1. The molecule has 1 aliphatic heterocycles. The maximum absolute atomic E-state index is 13.0. The van der Waals surface area contributed by atoms with Crippen LogP contribution in [0.1, 0.15) is 32.0 Å². The van der Waals surface area contributed by atoms with Gasteiger partial charge in [0.25, 0.3) is 0 Å². The molecule has 0 aliphatic carbocycles. The van der Waals surface area contributed by atoms with Gasteiger partial charge in [0.2, 0.25) is 5.91 Å². The smallest absolute Gasteiger partial charge is 0.326 e. The fraction of sp³-hybridized carbons (Fsp3) is 0.375. The Labute approximate surface area is 186 Å². The molecule has 1 atom stereocenters. The Morgan fingerprint density at radius 3 is 2.66 bits per heavy atom. The number of hydrogen-bond donors (Lipinski definition) is 0. The summed E-state index contributed by atoms with van der Waals surface area (Å²) >= 11 is 0. The van der Waals surface area contributed by atoms with Crippen molar-refractivity contribution in [3.05, 3.63) is 48.3 Å². The molecule has 2 heterocycles. The van der Waals surface area contributed by atoms with Gasteiger partial charge < -0.3 is 23.7 Å². The lowest BCUT2D eigenvalue weighted by Gasteiger charge is -2.20. The van der Waals surface area contributed by atoms with Crippen LogP contribution >= 0.6 is 0 Å². The predicted octanol–water partition coefficient (Wildman–Crippen LogP) is 3.53. The fourth-order valence-corrected chi connectivity index (χ4v) is 4.12. The van der Waals surface area contributed by atoms with Crippen molar-refractivity contribution in [2.45, 2.75) is 38.8 Å². The third-order valence-corrected chi connectivity index (χ3v) is 5.51. The molecule has 0 radical (unpaired) electrons. The predicted molar refractivity (Wildman–Crippen MR) is 120 cm³/mol. The first-order valence-corrected chi connectivity index (χ1v) is 10.6. The number of anilines is 1. The third kappa shape index (κ3) is 4.12. The topological polar surface area (TPSA) is 82.9 Å². The van der Waals surface area contributed by atoms with E-state index >= 15 is 0 Å². The molecule has 0 bridgehead atoms. The second kappa shape index (κ2) is 8.90. The van der Waals surface area contributed by atoms with Crippen LogP contribution in [0.5, 0.6) is 11.5 Å². The van der Waals surface area contributed by atoms with E-state index in [4.69, 9.17) is 19.2 Å². The molecule has 0 spiro atoms. The number of methoxy groups -OCH3 is 2. The van der Waals surface area contributed by atoms with E-state index < -0.39 is 0 Å². The Bertz CT molecular complexity index is 1150. The third-order valence-electron chi connectivity index (χ3n) is 5.51. The number of carbonyl (C=O) groups is 2. The molecule has 0 N–H and O–H groups in total. The Morgan fingerprint density at radius 1 is 1.16 bits per heavy atom. The highest BCUT2D eigenvalue weighted by atomic mass is 16.5. The summed E-state index contributed by atoms with van der Waals surface area (Å²) in [5.74, 6) is 1.38. The van der Waals surface area contributed by atoms with Gasteiger partial charge in [-0.15, -0.1) is 0 Å². The molecule has 8 nitrogen and oxygen atoms in total. The molecular weight excluding hydrogens is 410 g/mol. The molecule has 8 heteroatoms. The van der Waals surface area contributed by atoms with Gasteiger partial charge in [-0.05, 0) is 38.1 Å². The summed E-state index contributed by atoms with van der Waals surface area (Å²) in [5, 5.41) is 0. The minimum absolute atomic E-state index is 0.0371. The fourth-order valence-electron chi connectivity index (χ4n) is 4.12. The van der Waals surface area contributed by atoms with Crippen LogP contribution in [0.4, 0.5) is 5.69 Å². The van der Waals surface area contributed by atoms with Crippen molar-refractivity contribution >= 4 is 28.6 Å². The van der Waals surface area contributed by atoms with Crippen LogP contribution < -0.4 is 14.4 Å². The van der Waals surface area contributed by atoms with E-state index in [0.717, 1.165) is 11.0 Å². The van der Waals surface area contributed by atoms with Gasteiger partial charge in [-0.1, -0.05) is 12.1 Å². The first-order chi connectivity index (χ1) is 15.4. The largest absolute Gasteiger partial charge is 0.497 e. The molecule has 2 aromatic carbocycles. The average Bonchev–Trinajstić information content (AvgIpc) is 3.33. The van der Waals surface area contributed by atoms with Crippen molar-refractivity contribution in [2.75, 3.05) is 25.7 Å². The number of fused-ring (bicyclic) bond motifs is 1. The van der Waals surface area contributed by atoms with Gasteiger partial charge in [0.05, 0.1) is 37.0 Å². The van der Waals surface area contributed by atoms with Gasteiger partial charge >= 0.3 is 5.97 Å². The lowest BCUT2D eigenvalue weighted by molar-refractivity contribution is -0.148. The van der Waals surface area contributed by atoms with Gasteiger partial charge in [0.15, 0.2) is 0 Å². The highest BCUT2D eigenvalue weighted by Crippen LogP contribution is 2.39. The zero-order chi connectivity index (χ0) is 22.8. The number of hydrogen-bond acceptors (Lipinski definition) is 6. The van der Waals surface area contributed by atoms with Crippen LogP contribution in [0.2, 0.25) is 0 Å². The van der Waals surface area contributed by atoms with Gasteiger partial charge in [0, 0.05) is 24.9 Å². The number of ether oxygens (including phenoxy) is 3. The number of carbonyl (C=O) groups excluding carboxylic acids is 2. The maximum atomic E-state index is 13.0. The number of aromatic nitrogens is 2. The van der Waals surface area contributed by atoms with Crippen molar-refractivity contribution in [2.24, 2.45) is 0 Å². The molecule has 1 amide bonds. The Hall–Kier alpha value is -3.55. The SMILES string of the molecule is COc1ccc(OC)c(N2CC(c3nc4ccccc4n3CC(=O)OC(C)C)CC2=O)c1. The Balaban J connectivity index is 1.69. The molecule has 168 valence electrons. The molecule has 1 saturated heterocycles. The van der Waals surface area contributed by atoms with E-state index in [9.17, 15) is 9.59 Å². The lowest BCUT2D eigenvalue weighted by atomic mass is 10.1. The maximum Gasteiger partial charge on any atom is 0.326 e. The number of benzene rings is 2. The van der Waals surface area contributed by atoms with Crippen LogP contribution in [0.15, 0.2) is 42.5 Å². The normalized spacial score (nSPS) is 16.1. The number of para-hydroxylation sites is 2. The highest BCUT2D eigenvalue weighted by molar-refractivity contribution is 5.98. The van der Waals surface area contributed by atoms with Crippen LogP contribution in [-0.2, 0) is 20.9 Å². The van der Waals surface area contributed by atoms with Crippen molar-refractivity contribution in [3.8, 4) is 11.5 Å². The standard InChI is InChI=1S/C24H27N3O5/c1-15(2)32-23(29)14-27-19-8-6-5-7-18(19)25-24(27)16-11-22(28)26(13-16)20-12-17(30-3)9-10-21(20)31-4/h5-10,12,15-16H,11,13-14H2,1-4H3. The molecule has 4 rings (SSSR count). The molecule has 0 saturated carbocycles. The van der Waals surface area contributed by atoms with Gasteiger partial charge in [-0.3, -0.25) is 9.59 Å². The summed E-state index contributed by atoms with van der Waals surface area (Å²) in [5.41, 5.74) is 2.28. The minimum atomic E-state index is -0.333. The molecule has 32 heavy (non-hydrogen) atoms. The summed E-state index contributed by atoms with van der Waals surface area (Å²) in [6.07, 6.45) is 0.0768. The first-order valence-electron chi connectivity index (χ1n) is 10.6. The van der Waals surface area contributed by atoms with Crippen molar-refractivity contribution in [1.29, 1.82) is 0 Å². The first kappa shape index (κ1) is 21.7. The van der Waals surface area contributed by atoms with Gasteiger partial charge in [0.1, 0.15) is 23.9 Å². The second-order valence-corrected chi connectivity index (χ2v) is 8.03. The van der Waals surface area contributed by atoms with Gasteiger partial charge in [-0.25, -0.2) is 4.98 Å². The summed E-state index contributed by atoms with van der Waals surface area (Å²) in [6.45, 7) is 4.10. The highest BCUT2D eigenvalue weighted by Gasteiger charge is 2.36. The minimum Gasteiger partial charge on any atom is -0.497 e. The molecule has 1 aromatic heterocycles.